The van der Waals surface area contributed by atoms with Crippen molar-refractivity contribution in [1.82, 2.24) is 4.90 Å². The maximum absolute atomic E-state index is 10.2. The highest BCUT2D eigenvalue weighted by Gasteiger charge is 2.03. The molecule has 4 heteroatoms. The van der Waals surface area contributed by atoms with Gasteiger partial charge in [0.25, 0.3) is 0 Å². The summed E-state index contributed by atoms with van der Waals surface area (Å²) in [6.45, 7) is 3.28. The number of hydrogen-bond donors (Lipinski definition) is 1. The number of nitrogens with zero attached hydrogens (tertiary/aromatic N) is 1. The van der Waals surface area contributed by atoms with Crippen molar-refractivity contribution in [3.8, 4) is 0 Å². The van der Waals surface area contributed by atoms with E-state index in [1.54, 1.807) is 12.3 Å². The first-order valence-corrected chi connectivity index (χ1v) is 4.70. The van der Waals surface area contributed by atoms with Crippen LogP contribution in [0.1, 0.15) is 11.3 Å². The minimum absolute atomic E-state index is 0.608. The average Bonchev–Trinajstić information content (AvgIpc) is 2.51. The molecule has 0 atom stereocenters. The fourth-order valence-electron chi connectivity index (χ4n) is 1.26. The van der Waals surface area contributed by atoms with Crippen LogP contribution < -0.4 is 0 Å². The van der Waals surface area contributed by atoms with Crippen LogP contribution >= 0.6 is 0 Å². The quantitative estimate of drug-likeness (QED) is 0.749. The molecule has 0 saturated carbocycles. The van der Waals surface area contributed by atoms with E-state index in [9.17, 15) is 4.79 Å². The van der Waals surface area contributed by atoms with Gasteiger partial charge in [-0.25, -0.2) is 4.79 Å². The molecular formula is C11H15NO3. The minimum Gasteiger partial charge on any atom is -0.478 e. The van der Waals surface area contributed by atoms with Gasteiger partial charge in [0.1, 0.15) is 5.76 Å². The van der Waals surface area contributed by atoms with Crippen LogP contribution in [0.4, 0.5) is 0 Å². The molecule has 4 nitrogen and oxygen atoms in total. The van der Waals surface area contributed by atoms with Gasteiger partial charge in [-0.15, -0.1) is 0 Å². The van der Waals surface area contributed by atoms with Gasteiger partial charge < -0.3 is 9.52 Å². The van der Waals surface area contributed by atoms with Crippen molar-refractivity contribution in [3.05, 3.63) is 35.8 Å². The van der Waals surface area contributed by atoms with Gasteiger partial charge in [-0.3, -0.25) is 4.90 Å². The Hall–Kier alpha value is -1.55. The van der Waals surface area contributed by atoms with E-state index in [4.69, 9.17) is 9.52 Å². The number of aliphatic carboxylic acids is 1. The van der Waals surface area contributed by atoms with E-state index in [1.165, 1.54) is 0 Å². The molecule has 15 heavy (non-hydrogen) atoms. The third kappa shape index (κ3) is 3.99. The lowest BCUT2D eigenvalue weighted by Gasteiger charge is -2.13. The third-order valence-electron chi connectivity index (χ3n) is 2.08. The van der Waals surface area contributed by atoms with Crippen molar-refractivity contribution in [2.45, 2.75) is 13.5 Å². The first kappa shape index (κ1) is 11.5. The van der Waals surface area contributed by atoms with Gasteiger partial charge in [0.2, 0.25) is 0 Å². The van der Waals surface area contributed by atoms with Crippen molar-refractivity contribution < 1.29 is 14.3 Å². The second-order valence-electron chi connectivity index (χ2n) is 3.44. The van der Waals surface area contributed by atoms with E-state index in [1.807, 2.05) is 24.9 Å². The van der Waals surface area contributed by atoms with Crippen LogP contribution in [0.15, 0.2) is 28.9 Å². The molecule has 82 valence electrons. The molecule has 0 amide bonds. The fourth-order valence-corrected chi connectivity index (χ4v) is 1.26. The molecule has 0 bridgehead atoms. The van der Waals surface area contributed by atoms with Crippen LogP contribution in [0, 0.1) is 6.92 Å². The first-order valence-electron chi connectivity index (χ1n) is 4.70. The van der Waals surface area contributed by atoms with Gasteiger partial charge >= 0.3 is 5.97 Å². The Labute approximate surface area is 88.8 Å². The number of furan rings is 1. The molecule has 0 aliphatic heterocycles. The highest BCUT2D eigenvalue weighted by atomic mass is 16.4. The Morgan fingerprint density at radius 3 is 2.93 bits per heavy atom. The minimum atomic E-state index is -0.914. The summed E-state index contributed by atoms with van der Waals surface area (Å²) in [6.07, 6.45) is 4.43. The predicted octanol–water partition coefficient (Wildman–Crippen LogP) is 1.66. The third-order valence-corrected chi connectivity index (χ3v) is 2.08. The predicted molar refractivity (Wildman–Crippen MR) is 56.6 cm³/mol. The number of likely N-dealkylation sites (N-methyl/N-ethyl adjacent to an activating group) is 1. The van der Waals surface area contributed by atoms with Crippen LogP contribution in [-0.2, 0) is 11.3 Å². The highest BCUT2D eigenvalue weighted by Crippen LogP contribution is 2.10. The molecule has 0 saturated heterocycles. The van der Waals surface area contributed by atoms with Crippen molar-refractivity contribution in [2.24, 2.45) is 0 Å². The van der Waals surface area contributed by atoms with Crippen LogP contribution in [0.2, 0.25) is 0 Å². The van der Waals surface area contributed by atoms with E-state index >= 15 is 0 Å². The summed E-state index contributed by atoms with van der Waals surface area (Å²) in [5.41, 5.74) is 1.13. The summed E-state index contributed by atoms with van der Waals surface area (Å²) in [5.74, 6) is -0.00745. The van der Waals surface area contributed by atoms with Gasteiger partial charge in [-0.2, -0.15) is 0 Å². The summed E-state index contributed by atoms with van der Waals surface area (Å²) in [6, 6.07) is 1.92. The number of rotatable bonds is 5. The largest absolute Gasteiger partial charge is 0.478 e. The zero-order valence-electron chi connectivity index (χ0n) is 8.93. The highest BCUT2D eigenvalue weighted by molar-refractivity contribution is 5.79. The van der Waals surface area contributed by atoms with E-state index in [0.29, 0.717) is 6.54 Å². The second-order valence-corrected chi connectivity index (χ2v) is 3.44. The fraction of sp³-hybridized carbons (Fsp3) is 0.364. The molecule has 0 unspecified atom stereocenters. The SMILES string of the molecule is Cc1occc1CN(C)C/C=C/C(=O)O. The van der Waals surface area contributed by atoms with Crippen LogP contribution in [0.3, 0.4) is 0 Å². The van der Waals surface area contributed by atoms with E-state index in [0.717, 1.165) is 23.9 Å². The van der Waals surface area contributed by atoms with Gasteiger partial charge in [0.05, 0.1) is 6.26 Å². The number of carboxylic acid groups (broad SMARTS) is 1. The Balaban J connectivity index is 2.40. The summed E-state index contributed by atoms with van der Waals surface area (Å²) < 4.78 is 5.17. The maximum atomic E-state index is 10.2. The lowest BCUT2D eigenvalue weighted by atomic mass is 10.2. The zero-order valence-corrected chi connectivity index (χ0v) is 8.93. The summed E-state index contributed by atoms with van der Waals surface area (Å²) in [7, 11) is 1.93. The second kappa shape index (κ2) is 5.36. The molecule has 1 aromatic rings. The normalized spacial score (nSPS) is 11.4. The maximum Gasteiger partial charge on any atom is 0.328 e. The Kier molecular flexibility index (Phi) is 4.12. The van der Waals surface area contributed by atoms with Crippen LogP contribution in [0.5, 0.6) is 0 Å². The van der Waals surface area contributed by atoms with E-state index < -0.39 is 5.97 Å². The van der Waals surface area contributed by atoms with Crippen LogP contribution in [0.25, 0.3) is 0 Å². The molecule has 0 aliphatic rings. The Morgan fingerprint density at radius 1 is 1.67 bits per heavy atom. The summed E-state index contributed by atoms with van der Waals surface area (Å²) in [4.78, 5) is 12.2. The number of hydrogen-bond acceptors (Lipinski definition) is 3. The first-order chi connectivity index (χ1) is 7.09. The van der Waals surface area contributed by atoms with Crippen molar-refractivity contribution in [2.75, 3.05) is 13.6 Å². The molecule has 1 aromatic heterocycles. The van der Waals surface area contributed by atoms with Crippen molar-refractivity contribution in [1.29, 1.82) is 0 Å². The van der Waals surface area contributed by atoms with Gasteiger partial charge in [-0.1, -0.05) is 6.08 Å². The van der Waals surface area contributed by atoms with E-state index in [2.05, 4.69) is 0 Å². The number of carboxylic acids is 1. The molecule has 0 aromatic carbocycles. The lowest BCUT2D eigenvalue weighted by molar-refractivity contribution is -0.131. The molecule has 1 rings (SSSR count). The number of aryl methyl sites for hydroxylation is 1. The molecular weight excluding hydrogens is 194 g/mol. The van der Waals surface area contributed by atoms with Gasteiger partial charge in [0.15, 0.2) is 0 Å². The average molecular weight is 209 g/mol. The Bertz CT molecular complexity index is 354. The summed E-state index contributed by atoms with van der Waals surface area (Å²) >= 11 is 0. The van der Waals surface area contributed by atoms with Gasteiger partial charge in [0, 0.05) is 24.7 Å². The van der Waals surface area contributed by atoms with Gasteiger partial charge in [-0.05, 0) is 20.0 Å². The van der Waals surface area contributed by atoms with Crippen molar-refractivity contribution >= 4 is 5.97 Å². The van der Waals surface area contributed by atoms with Crippen molar-refractivity contribution in [3.63, 3.8) is 0 Å². The lowest BCUT2D eigenvalue weighted by Crippen LogP contribution is -2.17. The zero-order chi connectivity index (χ0) is 11.3. The topological polar surface area (TPSA) is 53.7 Å². The van der Waals surface area contributed by atoms with Crippen LogP contribution in [-0.4, -0.2) is 29.6 Å². The molecule has 0 fully saturated rings. The smallest absolute Gasteiger partial charge is 0.328 e. The standard InChI is InChI=1S/C11H15NO3/c1-9-10(5-7-15-9)8-12(2)6-3-4-11(13)14/h3-5,7H,6,8H2,1-2H3,(H,13,14)/b4-3+. The molecule has 0 spiro atoms. The molecule has 1 N–H and O–H groups in total. The molecule has 1 heterocycles. The summed E-state index contributed by atoms with van der Waals surface area (Å²) in [5, 5.41) is 8.41. The van der Waals surface area contributed by atoms with E-state index in [-0.39, 0.29) is 0 Å². The molecule has 0 aliphatic carbocycles. The molecule has 0 radical (unpaired) electrons. The Morgan fingerprint density at radius 2 is 2.40 bits per heavy atom. The monoisotopic (exact) mass is 209 g/mol. The number of carbonyl (C=O) groups is 1.